The van der Waals surface area contributed by atoms with Crippen LogP contribution in [0.2, 0.25) is 0 Å². The SMILES string of the molecule is CC(c1nn[nH]n1)C(c1nn[nH]n1)(c1nn[nH]n1)c1nn[nH]n1. The maximum atomic E-state index is 4.05. The quantitative estimate of drug-likeness (QED) is 0.287. The summed E-state index contributed by atoms with van der Waals surface area (Å²) in [5.74, 6) is 0.450. The van der Waals surface area contributed by atoms with E-state index in [1.54, 1.807) is 6.92 Å². The summed E-state index contributed by atoms with van der Waals surface area (Å²) in [7, 11) is 0. The molecule has 16 heteroatoms. The third-order valence-electron chi connectivity index (χ3n) is 3.49. The highest BCUT2D eigenvalue weighted by Crippen LogP contribution is 2.43. The molecular formula is C7H8N16. The summed E-state index contributed by atoms with van der Waals surface area (Å²) in [4.78, 5) is 0. The molecule has 4 rings (SSSR count). The van der Waals surface area contributed by atoms with Crippen LogP contribution in [0.1, 0.15) is 36.1 Å². The van der Waals surface area contributed by atoms with Crippen molar-refractivity contribution in [2.24, 2.45) is 0 Å². The lowest BCUT2D eigenvalue weighted by Gasteiger charge is -2.28. The number of rotatable bonds is 5. The summed E-state index contributed by atoms with van der Waals surface area (Å²) in [5, 5.41) is 56.3. The standard InChI is InChI=1S/C7H8N16/c1-2(3-8-16-17-9-3)7(4-10-18-19-11-4,5-12-20-21-13-5)6-14-22-23-15-6/h2H,1H3,(H,8,9,16,17)(H,10,11,18,19)(H,12,13,20,21)(H,14,15,22,23). The Balaban J connectivity index is 2.02. The smallest absolute Gasteiger partial charge is 0.177 e. The first-order valence-electron chi connectivity index (χ1n) is 6.28. The molecule has 0 aliphatic heterocycles. The third kappa shape index (κ3) is 1.77. The first-order valence-corrected chi connectivity index (χ1v) is 6.28. The lowest BCUT2D eigenvalue weighted by Crippen LogP contribution is -2.39. The molecule has 4 aromatic heterocycles. The van der Waals surface area contributed by atoms with Gasteiger partial charge in [-0.15, -0.1) is 40.8 Å². The van der Waals surface area contributed by atoms with Crippen LogP contribution >= 0.6 is 0 Å². The second kappa shape index (κ2) is 4.93. The second-order valence-corrected chi connectivity index (χ2v) is 4.51. The van der Waals surface area contributed by atoms with Crippen LogP contribution in [0.4, 0.5) is 0 Å². The summed E-state index contributed by atoms with van der Waals surface area (Å²) in [6.07, 6.45) is 0. The van der Waals surface area contributed by atoms with Gasteiger partial charge in [-0.2, -0.15) is 20.9 Å². The van der Waals surface area contributed by atoms with Gasteiger partial charge in [0.1, 0.15) is 0 Å². The predicted molar refractivity (Wildman–Crippen MR) is 65.0 cm³/mol. The Bertz CT molecular complexity index is 743. The van der Waals surface area contributed by atoms with Crippen molar-refractivity contribution in [2.45, 2.75) is 18.3 Å². The predicted octanol–water partition coefficient (Wildman–Crippen LogP) is -3.12. The first-order chi connectivity index (χ1) is 11.3. The molecule has 0 aliphatic rings. The molecule has 0 radical (unpaired) electrons. The number of hydrogen-bond donors (Lipinski definition) is 4. The highest BCUT2D eigenvalue weighted by atomic mass is 15.5. The average Bonchev–Trinajstić information content (AvgIpc) is 3.34. The second-order valence-electron chi connectivity index (χ2n) is 4.51. The van der Waals surface area contributed by atoms with Crippen molar-refractivity contribution in [2.75, 3.05) is 0 Å². The topological polar surface area (TPSA) is 218 Å². The molecule has 4 heterocycles. The third-order valence-corrected chi connectivity index (χ3v) is 3.49. The molecular weight excluding hydrogens is 308 g/mol. The van der Waals surface area contributed by atoms with E-state index in [-0.39, 0.29) is 17.5 Å². The first kappa shape index (κ1) is 13.0. The van der Waals surface area contributed by atoms with E-state index in [1.165, 1.54) is 0 Å². The van der Waals surface area contributed by atoms with E-state index in [2.05, 4.69) is 82.5 Å². The van der Waals surface area contributed by atoms with Gasteiger partial charge in [-0.25, -0.2) is 0 Å². The van der Waals surface area contributed by atoms with E-state index >= 15 is 0 Å². The normalized spacial score (nSPS) is 13.3. The summed E-state index contributed by atoms with van der Waals surface area (Å²) >= 11 is 0. The lowest BCUT2D eigenvalue weighted by atomic mass is 9.73. The highest BCUT2D eigenvalue weighted by Gasteiger charge is 2.54. The molecule has 1 atom stereocenters. The highest BCUT2D eigenvalue weighted by molar-refractivity contribution is 5.36. The molecule has 0 aromatic carbocycles. The summed E-state index contributed by atoms with van der Waals surface area (Å²) in [6.45, 7) is 1.80. The Hall–Kier alpha value is -3.72. The van der Waals surface area contributed by atoms with Crippen LogP contribution in [-0.2, 0) is 5.41 Å². The van der Waals surface area contributed by atoms with Gasteiger partial charge in [0.15, 0.2) is 28.7 Å². The summed E-state index contributed by atoms with van der Waals surface area (Å²) in [6, 6.07) is 0. The van der Waals surface area contributed by atoms with Crippen molar-refractivity contribution in [1.29, 1.82) is 0 Å². The molecule has 0 spiro atoms. The minimum absolute atomic E-state index is 0.206. The molecule has 0 saturated heterocycles. The van der Waals surface area contributed by atoms with Gasteiger partial charge in [0, 0.05) is 5.92 Å². The van der Waals surface area contributed by atoms with Crippen LogP contribution < -0.4 is 0 Å². The molecule has 4 aromatic rings. The molecule has 23 heavy (non-hydrogen) atoms. The number of aromatic nitrogens is 16. The molecule has 1 unspecified atom stereocenters. The van der Waals surface area contributed by atoms with Crippen molar-refractivity contribution in [3.8, 4) is 0 Å². The fraction of sp³-hybridized carbons (Fsp3) is 0.429. The van der Waals surface area contributed by atoms with E-state index in [0.717, 1.165) is 0 Å². The van der Waals surface area contributed by atoms with Crippen LogP contribution in [-0.4, -0.2) is 82.5 Å². The Morgan fingerprint density at radius 3 is 1.43 bits per heavy atom. The van der Waals surface area contributed by atoms with E-state index in [1.807, 2.05) is 0 Å². The van der Waals surface area contributed by atoms with E-state index in [4.69, 9.17) is 0 Å². The Morgan fingerprint density at radius 2 is 1.09 bits per heavy atom. The number of tetrazole rings is 4. The molecule has 0 saturated carbocycles. The fourth-order valence-electron chi connectivity index (χ4n) is 2.41. The van der Waals surface area contributed by atoms with Gasteiger partial charge in [0.05, 0.1) is 0 Å². The zero-order valence-electron chi connectivity index (χ0n) is 11.4. The van der Waals surface area contributed by atoms with Gasteiger partial charge in [-0.1, -0.05) is 27.8 Å². The van der Waals surface area contributed by atoms with Crippen LogP contribution in [0.25, 0.3) is 0 Å². The lowest BCUT2D eigenvalue weighted by molar-refractivity contribution is 0.418. The van der Waals surface area contributed by atoms with Crippen LogP contribution in [0, 0.1) is 0 Å². The van der Waals surface area contributed by atoms with E-state index in [9.17, 15) is 0 Å². The van der Waals surface area contributed by atoms with Crippen molar-refractivity contribution in [3.05, 3.63) is 23.3 Å². The van der Waals surface area contributed by atoms with Gasteiger partial charge in [0.2, 0.25) is 0 Å². The van der Waals surface area contributed by atoms with Gasteiger partial charge in [0.25, 0.3) is 0 Å². The van der Waals surface area contributed by atoms with Crippen molar-refractivity contribution in [3.63, 3.8) is 0 Å². The van der Waals surface area contributed by atoms with Crippen LogP contribution in [0.15, 0.2) is 0 Å². The molecule has 16 nitrogen and oxygen atoms in total. The van der Waals surface area contributed by atoms with E-state index < -0.39 is 11.3 Å². The maximum Gasteiger partial charge on any atom is 0.197 e. The zero-order chi connectivity index (χ0) is 15.7. The average molecular weight is 316 g/mol. The number of H-pyrrole nitrogens is 4. The number of hydrogen-bond acceptors (Lipinski definition) is 12. The van der Waals surface area contributed by atoms with Gasteiger partial charge in [-0.05, 0) is 0 Å². The molecule has 0 amide bonds. The van der Waals surface area contributed by atoms with Gasteiger partial charge >= 0.3 is 0 Å². The van der Waals surface area contributed by atoms with Crippen LogP contribution in [0.5, 0.6) is 0 Å². The maximum absolute atomic E-state index is 4.05. The Morgan fingerprint density at radius 1 is 0.652 bits per heavy atom. The minimum atomic E-state index is -1.28. The number of nitrogens with zero attached hydrogens (tertiary/aromatic N) is 12. The summed E-state index contributed by atoms with van der Waals surface area (Å²) < 4.78 is 0. The zero-order valence-corrected chi connectivity index (χ0v) is 11.4. The molecule has 0 bridgehead atoms. The van der Waals surface area contributed by atoms with E-state index in [0.29, 0.717) is 5.82 Å². The number of aromatic amines is 4. The Kier molecular flexibility index (Phi) is 2.78. The summed E-state index contributed by atoms with van der Waals surface area (Å²) in [5.41, 5.74) is -1.28. The fourth-order valence-corrected chi connectivity index (χ4v) is 2.41. The molecule has 116 valence electrons. The molecule has 0 fully saturated rings. The largest absolute Gasteiger partial charge is 0.197 e. The van der Waals surface area contributed by atoms with Crippen molar-refractivity contribution < 1.29 is 0 Å². The Labute approximate surface area is 125 Å². The van der Waals surface area contributed by atoms with Gasteiger partial charge in [-0.3, -0.25) is 0 Å². The molecule has 0 aliphatic carbocycles. The molecule has 4 N–H and O–H groups in total. The van der Waals surface area contributed by atoms with Crippen molar-refractivity contribution in [1.82, 2.24) is 82.5 Å². The monoisotopic (exact) mass is 316 g/mol. The number of nitrogens with one attached hydrogen (secondary N) is 4. The minimum Gasteiger partial charge on any atom is -0.177 e. The van der Waals surface area contributed by atoms with Crippen LogP contribution in [0.3, 0.4) is 0 Å². The van der Waals surface area contributed by atoms with Gasteiger partial charge < -0.3 is 0 Å². The van der Waals surface area contributed by atoms with Crippen molar-refractivity contribution >= 4 is 0 Å².